The second kappa shape index (κ2) is 11.6. The lowest BCUT2D eigenvalue weighted by Gasteiger charge is -2.12. The zero-order valence-corrected chi connectivity index (χ0v) is 20.1. The molecule has 4 aromatic rings. The zero-order valence-electron chi connectivity index (χ0n) is 20.1. The summed E-state index contributed by atoms with van der Waals surface area (Å²) in [6, 6.07) is 33.9. The van der Waals surface area contributed by atoms with Crippen molar-refractivity contribution in [3.63, 3.8) is 0 Å². The average Bonchev–Trinajstić information content (AvgIpc) is 2.89. The maximum Gasteiger partial charge on any atom is 0.193 e. The molecule has 0 aliphatic heterocycles. The number of nitrogens with zero attached hydrogens (tertiary/aromatic N) is 2. The van der Waals surface area contributed by atoms with E-state index in [-0.39, 0.29) is 11.6 Å². The van der Waals surface area contributed by atoms with Gasteiger partial charge in [0.05, 0.1) is 0 Å². The molecule has 4 aromatic carbocycles. The predicted octanol–water partition coefficient (Wildman–Crippen LogP) is 5.97. The van der Waals surface area contributed by atoms with Crippen LogP contribution in [0.5, 0.6) is 0 Å². The molecule has 172 valence electrons. The lowest BCUT2D eigenvalue weighted by Crippen LogP contribution is -2.09. The lowest BCUT2D eigenvalue weighted by molar-refractivity contribution is 0.103. The van der Waals surface area contributed by atoms with E-state index in [0.717, 1.165) is 33.6 Å². The molecule has 4 nitrogen and oxygen atoms in total. The fourth-order valence-corrected chi connectivity index (χ4v) is 3.33. The molecule has 0 fully saturated rings. The van der Waals surface area contributed by atoms with Crippen LogP contribution < -0.4 is 9.80 Å². The fraction of sp³-hybridized carbons (Fsp3) is 0.133. The Kier molecular flexibility index (Phi) is 8.36. The summed E-state index contributed by atoms with van der Waals surface area (Å²) in [7, 11) is 7.92. The Morgan fingerprint density at radius 1 is 0.412 bits per heavy atom. The fourth-order valence-electron chi connectivity index (χ4n) is 3.33. The minimum atomic E-state index is 0.0657. The summed E-state index contributed by atoms with van der Waals surface area (Å²) in [5.41, 5.74) is 5.09. The van der Waals surface area contributed by atoms with Gasteiger partial charge in [-0.15, -0.1) is 0 Å². The molecule has 4 heteroatoms. The molecular formula is C30H30N2O2. The smallest absolute Gasteiger partial charge is 0.193 e. The van der Waals surface area contributed by atoms with E-state index in [0.29, 0.717) is 0 Å². The quantitative estimate of drug-likeness (QED) is 0.340. The van der Waals surface area contributed by atoms with Crippen LogP contribution in [-0.4, -0.2) is 39.8 Å². The molecule has 4 rings (SSSR count). The highest BCUT2D eigenvalue weighted by Crippen LogP contribution is 2.16. The van der Waals surface area contributed by atoms with Crippen LogP contribution in [0.25, 0.3) is 0 Å². The monoisotopic (exact) mass is 450 g/mol. The number of rotatable bonds is 6. The van der Waals surface area contributed by atoms with Crippen LogP contribution in [0, 0.1) is 0 Å². The largest absolute Gasteiger partial charge is 0.378 e. The molecule has 0 spiro atoms. The number of carbonyl (C=O) groups excluding carboxylic acids is 2. The van der Waals surface area contributed by atoms with E-state index in [1.54, 1.807) is 0 Å². The Hall–Kier alpha value is -4.18. The van der Waals surface area contributed by atoms with Gasteiger partial charge in [-0.3, -0.25) is 9.59 Å². The van der Waals surface area contributed by atoms with Gasteiger partial charge in [0.1, 0.15) is 0 Å². The molecule has 0 aliphatic carbocycles. The summed E-state index contributed by atoms with van der Waals surface area (Å²) in [5.74, 6) is 0.131. The Labute approximate surface area is 202 Å². The van der Waals surface area contributed by atoms with Crippen LogP contribution in [-0.2, 0) is 0 Å². The predicted molar refractivity (Wildman–Crippen MR) is 141 cm³/mol. The molecule has 34 heavy (non-hydrogen) atoms. The second-order valence-electron chi connectivity index (χ2n) is 8.27. The highest BCUT2D eigenvalue weighted by molar-refractivity contribution is 6.09. The summed E-state index contributed by atoms with van der Waals surface area (Å²) in [6.45, 7) is 0. The van der Waals surface area contributed by atoms with Crippen molar-refractivity contribution in [2.24, 2.45) is 0 Å². The molecule has 0 aliphatic rings. The van der Waals surface area contributed by atoms with Crippen LogP contribution in [0.1, 0.15) is 31.8 Å². The molecule has 0 radical (unpaired) electrons. The molecule has 0 unspecified atom stereocenters. The number of benzene rings is 4. The SMILES string of the molecule is CN(C)c1ccc(C(=O)c2ccccc2)cc1.CN(C)c1ccc(C(=O)c2ccccc2)cc1. The van der Waals surface area contributed by atoms with E-state index in [1.807, 2.05) is 147 Å². The molecule has 0 N–H and O–H groups in total. The van der Waals surface area contributed by atoms with Gasteiger partial charge in [0.2, 0.25) is 0 Å². The molecule has 0 aromatic heterocycles. The number of hydrogen-bond acceptors (Lipinski definition) is 4. The van der Waals surface area contributed by atoms with Crippen molar-refractivity contribution in [1.82, 2.24) is 0 Å². The molecular weight excluding hydrogens is 420 g/mol. The van der Waals surface area contributed by atoms with Crippen LogP contribution >= 0.6 is 0 Å². The Bertz CT molecular complexity index is 1100. The standard InChI is InChI=1S/2C15H15NO/c2*1-16(2)14-10-8-13(9-11-14)15(17)12-6-4-3-5-7-12/h2*3-11H,1-2H3. The van der Waals surface area contributed by atoms with Gasteiger partial charge in [-0.1, -0.05) is 60.7 Å². The van der Waals surface area contributed by atoms with Gasteiger partial charge in [0.15, 0.2) is 11.6 Å². The first kappa shape index (κ1) is 24.5. The molecule has 0 heterocycles. The first-order valence-corrected chi connectivity index (χ1v) is 11.1. The van der Waals surface area contributed by atoms with E-state index in [1.165, 1.54) is 0 Å². The summed E-state index contributed by atoms with van der Waals surface area (Å²) in [4.78, 5) is 28.2. The van der Waals surface area contributed by atoms with E-state index in [2.05, 4.69) is 0 Å². The van der Waals surface area contributed by atoms with Gasteiger partial charge in [-0.2, -0.15) is 0 Å². The highest BCUT2D eigenvalue weighted by Gasteiger charge is 2.09. The lowest BCUT2D eigenvalue weighted by atomic mass is 10.0. The minimum Gasteiger partial charge on any atom is -0.378 e. The van der Waals surface area contributed by atoms with Gasteiger partial charge in [0.25, 0.3) is 0 Å². The molecule has 0 amide bonds. The summed E-state index contributed by atoms with van der Waals surface area (Å²) in [6.07, 6.45) is 0. The van der Waals surface area contributed by atoms with Crippen LogP contribution in [0.2, 0.25) is 0 Å². The minimum absolute atomic E-state index is 0.0657. The van der Waals surface area contributed by atoms with Gasteiger partial charge in [-0.05, 0) is 48.5 Å². The maximum atomic E-state index is 12.1. The molecule has 0 saturated heterocycles. The van der Waals surface area contributed by atoms with E-state index in [4.69, 9.17) is 0 Å². The number of carbonyl (C=O) groups is 2. The first-order chi connectivity index (χ1) is 16.4. The van der Waals surface area contributed by atoms with Gasteiger partial charge in [0, 0.05) is 61.8 Å². The number of anilines is 2. The average molecular weight is 451 g/mol. The first-order valence-electron chi connectivity index (χ1n) is 11.1. The van der Waals surface area contributed by atoms with Crippen LogP contribution in [0.3, 0.4) is 0 Å². The van der Waals surface area contributed by atoms with Crippen LogP contribution in [0.15, 0.2) is 109 Å². The second-order valence-corrected chi connectivity index (χ2v) is 8.27. The van der Waals surface area contributed by atoms with E-state index >= 15 is 0 Å². The van der Waals surface area contributed by atoms with Crippen LogP contribution in [0.4, 0.5) is 11.4 Å². The van der Waals surface area contributed by atoms with Crippen molar-refractivity contribution >= 4 is 22.9 Å². The van der Waals surface area contributed by atoms with Crippen molar-refractivity contribution in [1.29, 1.82) is 0 Å². The number of hydrogen-bond donors (Lipinski definition) is 0. The van der Waals surface area contributed by atoms with E-state index in [9.17, 15) is 9.59 Å². The highest BCUT2D eigenvalue weighted by atomic mass is 16.1. The van der Waals surface area contributed by atoms with Crippen molar-refractivity contribution < 1.29 is 9.59 Å². The summed E-state index contributed by atoms with van der Waals surface area (Å²) >= 11 is 0. The Morgan fingerprint density at radius 3 is 0.941 bits per heavy atom. The van der Waals surface area contributed by atoms with E-state index < -0.39 is 0 Å². The molecule has 0 atom stereocenters. The summed E-state index contributed by atoms with van der Waals surface area (Å²) in [5, 5.41) is 0. The third kappa shape index (κ3) is 6.42. The topological polar surface area (TPSA) is 40.6 Å². The Balaban J connectivity index is 0.000000191. The van der Waals surface area contributed by atoms with Crippen molar-refractivity contribution in [3.05, 3.63) is 131 Å². The Morgan fingerprint density at radius 2 is 0.676 bits per heavy atom. The van der Waals surface area contributed by atoms with Crippen molar-refractivity contribution in [2.45, 2.75) is 0 Å². The molecule has 0 saturated carbocycles. The van der Waals surface area contributed by atoms with Gasteiger partial charge < -0.3 is 9.80 Å². The van der Waals surface area contributed by atoms with Gasteiger partial charge >= 0.3 is 0 Å². The molecule has 0 bridgehead atoms. The normalized spacial score (nSPS) is 10.0. The van der Waals surface area contributed by atoms with Crippen molar-refractivity contribution in [2.75, 3.05) is 38.0 Å². The van der Waals surface area contributed by atoms with Gasteiger partial charge in [-0.25, -0.2) is 0 Å². The zero-order chi connectivity index (χ0) is 24.5. The maximum absolute atomic E-state index is 12.1. The third-order valence-corrected chi connectivity index (χ3v) is 5.36. The van der Waals surface area contributed by atoms with Crippen molar-refractivity contribution in [3.8, 4) is 0 Å². The summed E-state index contributed by atoms with van der Waals surface area (Å²) < 4.78 is 0. The number of ketones is 2. The third-order valence-electron chi connectivity index (χ3n) is 5.36.